The van der Waals surface area contributed by atoms with Gasteiger partial charge in [-0.2, -0.15) is 5.10 Å². The Morgan fingerprint density at radius 1 is 1.07 bits per heavy atom. The van der Waals surface area contributed by atoms with E-state index in [-0.39, 0.29) is 23.9 Å². The topological polar surface area (TPSA) is 104 Å². The van der Waals surface area contributed by atoms with Crippen LogP contribution in [-0.4, -0.2) is 21.7 Å². The Hall–Kier alpha value is -3.48. The molecule has 2 aromatic carbocycles. The lowest BCUT2D eigenvalue weighted by molar-refractivity contribution is 0.0464. The average molecular weight is 365 g/mol. The fourth-order valence-electron chi connectivity index (χ4n) is 2.69. The first-order valence-corrected chi connectivity index (χ1v) is 8.46. The van der Waals surface area contributed by atoms with Gasteiger partial charge in [-0.05, 0) is 37.6 Å². The molecule has 0 atom stereocenters. The van der Waals surface area contributed by atoms with Crippen molar-refractivity contribution in [2.75, 3.05) is 0 Å². The summed E-state index contributed by atoms with van der Waals surface area (Å²) in [6.45, 7) is 3.64. The van der Waals surface area contributed by atoms with Crippen LogP contribution in [0.15, 0.2) is 53.3 Å². The first-order chi connectivity index (χ1) is 12.9. The minimum atomic E-state index is -0.625. The van der Waals surface area contributed by atoms with Crippen LogP contribution in [0.5, 0.6) is 0 Å². The Morgan fingerprint density at radius 2 is 1.70 bits per heavy atom. The zero-order valence-corrected chi connectivity index (χ0v) is 15.0. The molecule has 0 aliphatic rings. The molecule has 0 spiro atoms. The van der Waals surface area contributed by atoms with Crippen LogP contribution in [0.1, 0.15) is 46.3 Å². The maximum Gasteiger partial charge on any atom is 0.359 e. The number of rotatable bonds is 5. The number of aromatic nitrogens is 2. The van der Waals surface area contributed by atoms with E-state index in [0.717, 1.165) is 0 Å². The van der Waals surface area contributed by atoms with Crippen molar-refractivity contribution in [3.63, 3.8) is 0 Å². The van der Waals surface area contributed by atoms with Crippen LogP contribution in [-0.2, 0) is 11.3 Å². The molecule has 1 aromatic heterocycles. The van der Waals surface area contributed by atoms with Crippen molar-refractivity contribution < 1.29 is 14.3 Å². The highest BCUT2D eigenvalue weighted by molar-refractivity contribution is 6.02. The number of benzene rings is 2. The molecule has 7 nitrogen and oxygen atoms in total. The van der Waals surface area contributed by atoms with Gasteiger partial charge in [0.05, 0.1) is 11.4 Å². The van der Waals surface area contributed by atoms with Crippen LogP contribution in [0.2, 0.25) is 0 Å². The summed E-state index contributed by atoms with van der Waals surface area (Å²) < 4.78 is 6.64. The van der Waals surface area contributed by atoms with Gasteiger partial charge in [0.1, 0.15) is 6.61 Å². The molecule has 0 saturated carbocycles. The van der Waals surface area contributed by atoms with Crippen LogP contribution in [0.4, 0.5) is 0 Å². The molecule has 0 radical (unpaired) electrons. The van der Waals surface area contributed by atoms with Gasteiger partial charge in [-0.1, -0.05) is 30.3 Å². The second-order valence-corrected chi connectivity index (χ2v) is 6.37. The summed E-state index contributed by atoms with van der Waals surface area (Å²) >= 11 is 0. The van der Waals surface area contributed by atoms with Crippen molar-refractivity contribution in [1.29, 1.82) is 0 Å². The quantitative estimate of drug-likeness (QED) is 0.699. The second kappa shape index (κ2) is 7.41. The highest BCUT2D eigenvalue weighted by atomic mass is 16.5. The number of primary amides is 1. The van der Waals surface area contributed by atoms with E-state index in [1.165, 1.54) is 4.68 Å². The summed E-state index contributed by atoms with van der Waals surface area (Å²) in [5.41, 5.74) is 6.12. The van der Waals surface area contributed by atoms with Gasteiger partial charge in [-0.25, -0.2) is 9.48 Å². The number of nitrogens with zero attached hydrogens (tertiary/aromatic N) is 2. The molecule has 138 valence electrons. The number of nitrogens with two attached hydrogens (primary N) is 1. The molecule has 2 N–H and O–H groups in total. The lowest BCUT2D eigenvalue weighted by atomic mass is 10.1. The van der Waals surface area contributed by atoms with Gasteiger partial charge in [0.2, 0.25) is 5.91 Å². The number of fused-ring (bicyclic) bond motifs is 1. The Morgan fingerprint density at radius 3 is 2.30 bits per heavy atom. The fraction of sp³-hybridized carbons (Fsp3) is 0.200. The van der Waals surface area contributed by atoms with Gasteiger partial charge in [0.15, 0.2) is 5.69 Å². The van der Waals surface area contributed by atoms with Gasteiger partial charge in [0.25, 0.3) is 5.56 Å². The number of hydrogen-bond donors (Lipinski definition) is 1. The summed E-state index contributed by atoms with van der Waals surface area (Å²) in [6, 6.07) is 13.1. The number of carbonyl (C=O) groups is 2. The Labute approximate surface area is 155 Å². The molecule has 1 heterocycles. The first-order valence-electron chi connectivity index (χ1n) is 8.46. The summed E-state index contributed by atoms with van der Waals surface area (Å²) in [5, 5.41) is 5.09. The normalized spacial score (nSPS) is 10.9. The van der Waals surface area contributed by atoms with Crippen molar-refractivity contribution >= 4 is 22.6 Å². The molecular formula is C20H19N3O4. The van der Waals surface area contributed by atoms with Crippen molar-refractivity contribution in [2.45, 2.75) is 26.5 Å². The molecule has 0 bridgehead atoms. The van der Waals surface area contributed by atoms with E-state index >= 15 is 0 Å². The lowest BCUT2D eigenvalue weighted by Crippen LogP contribution is -2.27. The van der Waals surface area contributed by atoms with Crippen LogP contribution in [0, 0.1) is 0 Å². The third-order valence-corrected chi connectivity index (χ3v) is 4.12. The molecule has 0 unspecified atom stereocenters. The second-order valence-electron chi connectivity index (χ2n) is 6.37. The predicted molar refractivity (Wildman–Crippen MR) is 100 cm³/mol. The maximum atomic E-state index is 12.6. The molecule has 27 heavy (non-hydrogen) atoms. The lowest BCUT2D eigenvalue weighted by Gasteiger charge is -2.13. The van der Waals surface area contributed by atoms with Crippen LogP contribution in [0.3, 0.4) is 0 Å². The molecule has 3 aromatic rings. The summed E-state index contributed by atoms with van der Waals surface area (Å²) in [4.78, 5) is 36.2. The summed E-state index contributed by atoms with van der Waals surface area (Å²) in [6.07, 6.45) is 0. The molecule has 7 heteroatoms. The zero-order valence-electron chi connectivity index (χ0n) is 15.0. The summed E-state index contributed by atoms with van der Waals surface area (Å²) in [5.74, 6) is -1.15. The number of esters is 1. The molecule has 0 saturated heterocycles. The number of carbonyl (C=O) groups excluding carboxylic acids is 2. The van der Waals surface area contributed by atoms with Crippen LogP contribution >= 0.6 is 0 Å². The predicted octanol–water partition coefficient (Wildman–Crippen LogP) is 2.43. The third kappa shape index (κ3) is 3.72. The van der Waals surface area contributed by atoms with Gasteiger partial charge < -0.3 is 10.5 Å². The first kappa shape index (κ1) is 18.3. The molecule has 0 aliphatic carbocycles. The Bertz CT molecular complexity index is 1070. The van der Waals surface area contributed by atoms with E-state index in [1.807, 2.05) is 13.8 Å². The molecule has 1 amide bonds. The van der Waals surface area contributed by atoms with Crippen molar-refractivity contribution in [3.05, 3.63) is 75.7 Å². The van der Waals surface area contributed by atoms with Crippen LogP contribution in [0.25, 0.3) is 10.8 Å². The molecule has 0 aliphatic heterocycles. The van der Waals surface area contributed by atoms with E-state index in [9.17, 15) is 14.4 Å². The minimum absolute atomic E-state index is 0.00862. The SMILES string of the molecule is CC(C)n1nc(C(=O)OCc2ccc(C(N)=O)cc2)c2ccccc2c1=O. The number of amides is 1. The van der Waals surface area contributed by atoms with Crippen molar-refractivity contribution in [2.24, 2.45) is 5.73 Å². The molecular weight excluding hydrogens is 346 g/mol. The standard InChI is InChI=1S/C20H19N3O4/c1-12(2)23-19(25)16-6-4-3-5-15(16)17(22-23)20(26)27-11-13-7-9-14(10-8-13)18(21)24/h3-10,12H,11H2,1-2H3,(H2,21,24). The summed E-state index contributed by atoms with van der Waals surface area (Å²) in [7, 11) is 0. The smallest absolute Gasteiger partial charge is 0.359 e. The highest BCUT2D eigenvalue weighted by Gasteiger charge is 2.19. The maximum absolute atomic E-state index is 12.6. The minimum Gasteiger partial charge on any atom is -0.456 e. The highest BCUT2D eigenvalue weighted by Crippen LogP contribution is 2.16. The van der Waals surface area contributed by atoms with E-state index < -0.39 is 11.9 Å². The van der Waals surface area contributed by atoms with E-state index in [2.05, 4.69) is 5.10 Å². The van der Waals surface area contributed by atoms with Gasteiger partial charge in [0, 0.05) is 10.9 Å². The van der Waals surface area contributed by atoms with Crippen molar-refractivity contribution in [1.82, 2.24) is 9.78 Å². The number of hydrogen-bond acceptors (Lipinski definition) is 5. The third-order valence-electron chi connectivity index (χ3n) is 4.12. The van der Waals surface area contributed by atoms with Crippen molar-refractivity contribution in [3.8, 4) is 0 Å². The monoisotopic (exact) mass is 365 g/mol. The van der Waals surface area contributed by atoms with Crippen LogP contribution < -0.4 is 11.3 Å². The van der Waals surface area contributed by atoms with E-state index in [4.69, 9.17) is 10.5 Å². The van der Waals surface area contributed by atoms with Gasteiger partial charge >= 0.3 is 5.97 Å². The van der Waals surface area contributed by atoms with Gasteiger partial charge in [-0.3, -0.25) is 9.59 Å². The van der Waals surface area contributed by atoms with E-state index in [0.29, 0.717) is 21.9 Å². The Balaban J connectivity index is 1.90. The zero-order chi connectivity index (χ0) is 19.6. The Kier molecular flexibility index (Phi) is 5.03. The molecule has 0 fully saturated rings. The fourth-order valence-corrected chi connectivity index (χ4v) is 2.69. The van der Waals surface area contributed by atoms with Gasteiger partial charge in [-0.15, -0.1) is 0 Å². The average Bonchev–Trinajstić information content (AvgIpc) is 2.66. The molecule has 3 rings (SSSR count). The largest absolute Gasteiger partial charge is 0.456 e. The number of ether oxygens (including phenoxy) is 1. The van der Waals surface area contributed by atoms with E-state index in [1.54, 1.807) is 48.5 Å².